The van der Waals surface area contributed by atoms with Crippen LogP contribution in [-0.2, 0) is 9.63 Å². The molecule has 1 aromatic heterocycles. The van der Waals surface area contributed by atoms with Crippen molar-refractivity contribution in [3.8, 4) is 5.69 Å². The van der Waals surface area contributed by atoms with E-state index in [2.05, 4.69) is 5.16 Å². The van der Waals surface area contributed by atoms with Crippen LogP contribution in [0, 0.1) is 5.82 Å². The van der Waals surface area contributed by atoms with E-state index in [-0.39, 0.29) is 5.82 Å². The second-order valence-corrected chi connectivity index (χ2v) is 5.17. The molecule has 0 amide bonds. The van der Waals surface area contributed by atoms with E-state index in [0.717, 1.165) is 22.2 Å². The number of aromatic nitrogens is 1. The van der Waals surface area contributed by atoms with Crippen molar-refractivity contribution in [3.63, 3.8) is 0 Å². The average Bonchev–Trinajstić information content (AvgIpc) is 2.93. The third kappa shape index (κ3) is 2.99. The monoisotopic (exact) mass is 310 g/mol. The molecule has 0 saturated heterocycles. The van der Waals surface area contributed by atoms with Gasteiger partial charge in [0, 0.05) is 29.8 Å². The van der Waals surface area contributed by atoms with E-state index in [4.69, 9.17) is 4.84 Å². The maximum absolute atomic E-state index is 13.1. The molecule has 2 aromatic carbocycles. The van der Waals surface area contributed by atoms with Gasteiger partial charge >= 0.3 is 5.97 Å². The Morgan fingerprint density at radius 2 is 1.78 bits per heavy atom. The van der Waals surface area contributed by atoms with Crippen molar-refractivity contribution >= 4 is 22.6 Å². The van der Waals surface area contributed by atoms with E-state index < -0.39 is 5.97 Å². The molecule has 116 valence electrons. The van der Waals surface area contributed by atoms with Gasteiger partial charge in [-0.3, -0.25) is 0 Å². The highest BCUT2D eigenvalue weighted by atomic mass is 19.1. The average molecular weight is 310 g/mol. The summed E-state index contributed by atoms with van der Waals surface area (Å²) in [5.74, 6) is -0.746. The predicted octanol–water partition coefficient (Wildman–Crippen LogP) is 4.06. The summed E-state index contributed by atoms with van der Waals surface area (Å²) >= 11 is 0. The molecule has 3 aromatic rings. The molecule has 0 fully saturated rings. The first-order chi connectivity index (χ1) is 11.1. The highest BCUT2D eigenvalue weighted by Crippen LogP contribution is 2.25. The number of fused-ring (bicyclic) bond motifs is 1. The smallest absolute Gasteiger partial charge is 0.318 e. The van der Waals surface area contributed by atoms with Crippen molar-refractivity contribution in [3.05, 3.63) is 66.1 Å². The van der Waals surface area contributed by atoms with Gasteiger partial charge in [0.2, 0.25) is 0 Å². The number of hydrogen-bond acceptors (Lipinski definition) is 3. The minimum absolute atomic E-state index is 0.280. The normalized spacial score (nSPS) is 11.7. The standard InChI is InChI=1S/C18H15FN2O2/c1-12(20-23-13(2)22)17-11-21(15-9-7-14(19)8-10-15)18-6-4-3-5-16(17)18/h3-11H,1-2H3/b20-12+. The van der Waals surface area contributed by atoms with E-state index in [1.165, 1.54) is 19.1 Å². The van der Waals surface area contributed by atoms with Gasteiger partial charge < -0.3 is 9.40 Å². The minimum Gasteiger partial charge on any atom is -0.318 e. The zero-order chi connectivity index (χ0) is 16.4. The Bertz CT molecular complexity index is 895. The molecule has 3 rings (SSSR count). The lowest BCUT2D eigenvalue weighted by atomic mass is 10.1. The molecule has 0 spiro atoms. The van der Waals surface area contributed by atoms with E-state index >= 15 is 0 Å². The lowest BCUT2D eigenvalue weighted by Crippen LogP contribution is -1.99. The summed E-state index contributed by atoms with van der Waals surface area (Å²) in [4.78, 5) is 15.7. The van der Waals surface area contributed by atoms with Crippen LogP contribution in [0.5, 0.6) is 0 Å². The van der Waals surface area contributed by atoms with Crippen LogP contribution in [0.3, 0.4) is 0 Å². The predicted molar refractivity (Wildman–Crippen MR) is 87.2 cm³/mol. The van der Waals surface area contributed by atoms with Gasteiger partial charge in [0.25, 0.3) is 0 Å². The number of para-hydroxylation sites is 1. The molecular weight excluding hydrogens is 295 g/mol. The lowest BCUT2D eigenvalue weighted by molar-refractivity contribution is -0.140. The maximum atomic E-state index is 13.1. The minimum atomic E-state index is -0.466. The molecule has 0 bridgehead atoms. The van der Waals surface area contributed by atoms with Crippen molar-refractivity contribution in [1.82, 2.24) is 4.57 Å². The fourth-order valence-corrected chi connectivity index (χ4v) is 2.47. The van der Waals surface area contributed by atoms with Crippen LogP contribution in [-0.4, -0.2) is 16.2 Å². The van der Waals surface area contributed by atoms with Gasteiger partial charge in [-0.25, -0.2) is 9.18 Å². The van der Waals surface area contributed by atoms with Gasteiger partial charge in [0.05, 0.1) is 11.2 Å². The molecule has 0 atom stereocenters. The van der Waals surface area contributed by atoms with Crippen LogP contribution in [0.15, 0.2) is 59.9 Å². The topological polar surface area (TPSA) is 43.6 Å². The fourth-order valence-electron chi connectivity index (χ4n) is 2.47. The van der Waals surface area contributed by atoms with E-state index in [1.807, 2.05) is 35.0 Å². The van der Waals surface area contributed by atoms with E-state index in [9.17, 15) is 9.18 Å². The van der Waals surface area contributed by atoms with Gasteiger partial charge in [0.1, 0.15) is 5.82 Å². The molecule has 0 N–H and O–H groups in total. The first kappa shape index (κ1) is 15.0. The van der Waals surface area contributed by atoms with Crippen molar-refractivity contribution in [2.75, 3.05) is 0 Å². The Hall–Kier alpha value is -2.95. The van der Waals surface area contributed by atoms with Gasteiger partial charge in [-0.2, -0.15) is 0 Å². The summed E-state index contributed by atoms with van der Waals surface area (Å²) in [6, 6.07) is 14.1. The van der Waals surface area contributed by atoms with Crippen LogP contribution >= 0.6 is 0 Å². The molecule has 0 aliphatic heterocycles. The zero-order valence-corrected chi connectivity index (χ0v) is 12.8. The number of nitrogens with zero attached hydrogens (tertiary/aromatic N) is 2. The lowest BCUT2D eigenvalue weighted by Gasteiger charge is -2.04. The number of carbonyl (C=O) groups excluding carboxylic acids is 1. The highest BCUT2D eigenvalue weighted by Gasteiger charge is 2.12. The molecule has 1 heterocycles. The number of halogens is 1. The quantitative estimate of drug-likeness (QED) is 0.416. The van der Waals surface area contributed by atoms with Crippen LogP contribution in [0.25, 0.3) is 16.6 Å². The van der Waals surface area contributed by atoms with Gasteiger partial charge in [-0.05, 0) is 37.3 Å². The van der Waals surface area contributed by atoms with Crippen molar-refractivity contribution < 1.29 is 14.0 Å². The number of oxime groups is 1. The second kappa shape index (κ2) is 6.04. The number of benzene rings is 2. The Labute approximate surface area is 132 Å². The third-order valence-electron chi connectivity index (χ3n) is 3.52. The molecular formula is C18H15FN2O2. The number of rotatable bonds is 3. The summed E-state index contributed by atoms with van der Waals surface area (Å²) in [7, 11) is 0. The van der Waals surface area contributed by atoms with Crippen molar-refractivity contribution in [1.29, 1.82) is 0 Å². The summed E-state index contributed by atoms with van der Waals surface area (Å²) in [6.45, 7) is 3.08. The molecule has 0 aliphatic rings. The summed E-state index contributed by atoms with van der Waals surface area (Å²) in [6.07, 6.45) is 1.90. The van der Waals surface area contributed by atoms with Gasteiger partial charge in [-0.1, -0.05) is 23.4 Å². The summed E-state index contributed by atoms with van der Waals surface area (Å²) in [5, 5.41) is 4.84. The molecule has 0 unspecified atom stereocenters. The summed E-state index contributed by atoms with van der Waals surface area (Å²) in [5.41, 5.74) is 3.25. The highest BCUT2D eigenvalue weighted by molar-refractivity contribution is 6.10. The molecule has 0 saturated carbocycles. The molecule has 5 heteroatoms. The number of carbonyl (C=O) groups is 1. The molecule has 0 radical (unpaired) electrons. The van der Waals surface area contributed by atoms with Crippen LogP contribution < -0.4 is 0 Å². The molecule has 4 nitrogen and oxygen atoms in total. The molecule has 0 aliphatic carbocycles. The zero-order valence-electron chi connectivity index (χ0n) is 12.8. The second-order valence-electron chi connectivity index (χ2n) is 5.17. The van der Waals surface area contributed by atoms with E-state index in [1.54, 1.807) is 19.1 Å². The fraction of sp³-hybridized carbons (Fsp3) is 0.111. The Balaban J connectivity index is 2.15. The Morgan fingerprint density at radius 1 is 1.09 bits per heavy atom. The summed E-state index contributed by atoms with van der Waals surface area (Å²) < 4.78 is 15.1. The van der Waals surface area contributed by atoms with Crippen molar-refractivity contribution in [2.45, 2.75) is 13.8 Å². The van der Waals surface area contributed by atoms with Gasteiger partial charge in [0.15, 0.2) is 0 Å². The largest absolute Gasteiger partial charge is 0.331 e. The first-order valence-corrected chi connectivity index (χ1v) is 7.15. The van der Waals surface area contributed by atoms with Crippen LogP contribution in [0.1, 0.15) is 19.4 Å². The molecule has 23 heavy (non-hydrogen) atoms. The first-order valence-electron chi connectivity index (χ1n) is 7.15. The van der Waals surface area contributed by atoms with Crippen LogP contribution in [0.4, 0.5) is 4.39 Å². The Morgan fingerprint density at radius 3 is 2.48 bits per heavy atom. The third-order valence-corrected chi connectivity index (χ3v) is 3.52. The van der Waals surface area contributed by atoms with Crippen LogP contribution in [0.2, 0.25) is 0 Å². The Kier molecular flexibility index (Phi) is 3.93. The number of hydrogen-bond donors (Lipinski definition) is 0. The maximum Gasteiger partial charge on any atom is 0.331 e. The van der Waals surface area contributed by atoms with E-state index in [0.29, 0.717) is 5.71 Å². The SMILES string of the molecule is CC(=O)O/N=C(\C)c1cn(-c2ccc(F)cc2)c2ccccc12. The van der Waals surface area contributed by atoms with Crippen molar-refractivity contribution in [2.24, 2.45) is 5.16 Å². The van der Waals surface area contributed by atoms with Gasteiger partial charge in [-0.15, -0.1) is 0 Å².